The summed E-state index contributed by atoms with van der Waals surface area (Å²) in [6.07, 6.45) is -1.35. The van der Waals surface area contributed by atoms with Crippen LogP contribution in [0.2, 0.25) is 0 Å². The summed E-state index contributed by atoms with van der Waals surface area (Å²) in [7, 11) is 1.41. The number of piperazine rings is 1. The lowest BCUT2D eigenvalue weighted by molar-refractivity contribution is -0.137. The Bertz CT molecular complexity index is 1250. The van der Waals surface area contributed by atoms with Crippen LogP contribution in [0.3, 0.4) is 0 Å². The van der Waals surface area contributed by atoms with Crippen LogP contribution in [-0.2, 0) is 6.18 Å². The predicted octanol–water partition coefficient (Wildman–Crippen LogP) is 3.38. The number of nitrogens with zero attached hydrogens (tertiary/aromatic N) is 4. The first-order valence-corrected chi connectivity index (χ1v) is 11.2. The minimum absolute atomic E-state index is 0.111. The van der Waals surface area contributed by atoms with E-state index in [1.807, 2.05) is 11.8 Å². The van der Waals surface area contributed by atoms with E-state index in [2.05, 4.69) is 9.97 Å². The Labute approximate surface area is 206 Å². The van der Waals surface area contributed by atoms with Gasteiger partial charge in [-0.1, -0.05) is 12.1 Å². The minimum atomic E-state index is -4.44. The third kappa shape index (κ3) is 5.06. The number of hydrogen-bond donors (Lipinski definition) is 2. The Kier molecular flexibility index (Phi) is 7.02. The number of carbonyl (C=O) groups is 1. The SMILES string of the molecule is COc1cc(C(=O)N2CCN(c3cnc(N)cc3C)CC2CO)ncc1-c1ccc(C(F)(F)F)cc1. The number of aliphatic hydroxyl groups excluding tert-OH is 1. The Balaban J connectivity index is 1.54. The summed E-state index contributed by atoms with van der Waals surface area (Å²) in [4.78, 5) is 25.4. The molecule has 1 aliphatic heterocycles. The van der Waals surface area contributed by atoms with Crippen LogP contribution in [0.25, 0.3) is 11.1 Å². The summed E-state index contributed by atoms with van der Waals surface area (Å²) in [5, 5.41) is 10.0. The zero-order chi connectivity index (χ0) is 26.0. The number of aromatic nitrogens is 2. The molecule has 11 heteroatoms. The molecule has 1 saturated heterocycles. The van der Waals surface area contributed by atoms with Gasteiger partial charge in [-0.3, -0.25) is 9.78 Å². The second-order valence-electron chi connectivity index (χ2n) is 8.52. The fourth-order valence-corrected chi connectivity index (χ4v) is 4.32. The fourth-order valence-electron chi connectivity index (χ4n) is 4.32. The maximum Gasteiger partial charge on any atom is 0.416 e. The number of rotatable bonds is 5. The normalized spacial score (nSPS) is 16.2. The number of benzene rings is 1. The van der Waals surface area contributed by atoms with Gasteiger partial charge in [-0.05, 0) is 36.2 Å². The number of carbonyl (C=O) groups excluding carboxylic acids is 1. The van der Waals surface area contributed by atoms with Gasteiger partial charge in [0, 0.05) is 37.5 Å². The summed E-state index contributed by atoms with van der Waals surface area (Å²) in [5.74, 6) is 0.345. The predicted molar refractivity (Wildman–Crippen MR) is 129 cm³/mol. The van der Waals surface area contributed by atoms with Crippen LogP contribution >= 0.6 is 0 Å². The quantitative estimate of drug-likeness (QED) is 0.552. The second kappa shape index (κ2) is 10.0. The molecule has 3 aromatic rings. The first kappa shape index (κ1) is 25.2. The molecule has 1 fully saturated rings. The molecule has 0 spiro atoms. The third-order valence-electron chi connectivity index (χ3n) is 6.23. The van der Waals surface area contributed by atoms with E-state index >= 15 is 0 Å². The molecule has 0 aliphatic carbocycles. The number of alkyl halides is 3. The zero-order valence-corrected chi connectivity index (χ0v) is 19.8. The van der Waals surface area contributed by atoms with Crippen molar-refractivity contribution in [3.8, 4) is 16.9 Å². The Hall–Kier alpha value is -3.86. The fraction of sp³-hybridized carbons (Fsp3) is 0.320. The molecule has 0 radical (unpaired) electrons. The van der Waals surface area contributed by atoms with E-state index in [0.29, 0.717) is 42.3 Å². The van der Waals surface area contributed by atoms with Crippen molar-refractivity contribution in [1.29, 1.82) is 0 Å². The summed E-state index contributed by atoms with van der Waals surface area (Å²) in [5.41, 5.74) is 7.86. The maximum absolute atomic E-state index is 13.3. The van der Waals surface area contributed by atoms with Gasteiger partial charge in [-0.25, -0.2) is 4.98 Å². The Morgan fingerprint density at radius 3 is 2.50 bits per heavy atom. The highest BCUT2D eigenvalue weighted by molar-refractivity contribution is 5.94. The van der Waals surface area contributed by atoms with Crippen LogP contribution in [-0.4, -0.2) is 65.3 Å². The molecule has 0 saturated carbocycles. The van der Waals surface area contributed by atoms with Crippen molar-refractivity contribution < 1.29 is 27.8 Å². The van der Waals surface area contributed by atoms with Crippen LogP contribution in [0.4, 0.5) is 24.7 Å². The topological polar surface area (TPSA) is 105 Å². The van der Waals surface area contributed by atoms with Crippen LogP contribution in [0.1, 0.15) is 21.6 Å². The Morgan fingerprint density at radius 2 is 1.89 bits per heavy atom. The molecule has 1 aliphatic rings. The number of ether oxygens (including phenoxy) is 1. The number of halogens is 3. The van der Waals surface area contributed by atoms with Crippen LogP contribution < -0.4 is 15.4 Å². The van der Waals surface area contributed by atoms with Gasteiger partial charge in [0.15, 0.2) is 0 Å². The minimum Gasteiger partial charge on any atom is -0.496 e. The van der Waals surface area contributed by atoms with E-state index in [4.69, 9.17) is 10.5 Å². The molecule has 8 nitrogen and oxygen atoms in total. The van der Waals surface area contributed by atoms with Gasteiger partial charge in [0.2, 0.25) is 0 Å². The number of hydrogen-bond acceptors (Lipinski definition) is 7. The molecule has 2 aromatic heterocycles. The van der Waals surface area contributed by atoms with Crippen LogP contribution in [0.5, 0.6) is 5.75 Å². The lowest BCUT2D eigenvalue weighted by atomic mass is 10.0. The number of anilines is 2. The molecule has 1 unspecified atom stereocenters. The van der Waals surface area contributed by atoms with Gasteiger partial charge in [0.25, 0.3) is 5.91 Å². The van der Waals surface area contributed by atoms with Crippen molar-refractivity contribution in [2.24, 2.45) is 0 Å². The van der Waals surface area contributed by atoms with E-state index in [1.54, 1.807) is 17.2 Å². The van der Waals surface area contributed by atoms with Crippen molar-refractivity contribution in [1.82, 2.24) is 14.9 Å². The van der Waals surface area contributed by atoms with E-state index < -0.39 is 17.8 Å². The maximum atomic E-state index is 13.3. The van der Waals surface area contributed by atoms with Gasteiger partial charge in [-0.2, -0.15) is 13.2 Å². The van der Waals surface area contributed by atoms with Crippen molar-refractivity contribution >= 4 is 17.4 Å². The average molecular weight is 502 g/mol. The molecule has 1 aromatic carbocycles. The van der Waals surface area contributed by atoms with E-state index in [0.717, 1.165) is 23.4 Å². The van der Waals surface area contributed by atoms with Crippen molar-refractivity contribution in [2.45, 2.75) is 19.1 Å². The highest BCUT2D eigenvalue weighted by Crippen LogP contribution is 2.34. The monoisotopic (exact) mass is 501 g/mol. The van der Waals surface area contributed by atoms with E-state index in [-0.39, 0.29) is 18.2 Å². The molecular weight excluding hydrogens is 475 g/mol. The summed E-state index contributed by atoms with van der Waals surface area (Å²) < 4.78 is 44.1. The summed E-state index contributed by atoms with van der Waals surface area (Å²) >= 11 is 0. The third-order valence-corrected chi connectivity index (χ3v) is 6.23. The highest BCUT2D eigenvalue weighted by atomic mass is 19.4. The van der Waals surface area contributed by atoms with Crippen molar-refractivity contribution in [2.75, 3.05) is 44.0 Å². The molecular formula is C25H26F3N5O3. The van der Waals surface area contributed by atoms with Gasteiger partial charge < -0.3 is 25.4 Å². The molecule has 3 N–H and O–H groups in total. The average Bonchev–Trinajstić information content (AvgIpc) is 2.87. The lowest BCUT2D eigenvalue weighted by Gasteiger charge is -2.42. The molecule has 1 atom stereocenters. The molecule has 0 bridgehead atoms. The van der Waals surface area contributed by atoms with Gasteiger partial charge >= 0.3 is 6.18 Å². The van der Waals surface area contributed by atoms with Gasteiger partial charge in [0.05, 0.1) is 37.2 Å². The lowest BCUT2D eigenvalue weighted by Crippen LogP contribution is -2.57. The summed E-state index contributed by atoms with van der Waals surface area (Å²) in [6, 6.07) is 7.39. The largest absolute Gasteiger partial charge is 0.496 e. The Morgan fingerprint density at radius 1 is 1.17 bits per heavy atom. The van der Waals surface area contributed by atoms with Crippen molar-refractivity contribution in [3.05, 3.63) is 65.6 Å². The molecule has 190 valence electrons. The number of nitrogen functional groups attached to an aromatic ring is 1. The molecule has 1 amide bonds. The molecule has 36 heavy (non-hydrogen) atoms. The van der Waals surface area contributed by atoms with E-state index in [9.17, 15) is 23.1 Å². The number of pyridine rings is 2. The van der Waals surface area contributed by atoms with Gasteiger partial charge in [-0.15, -0.1) is 0 Å². The van der Waals surface area contributed by atoms with Crippen molar-refractivity contribution in [3.63, 3.8) is 0 Å². The number of nitrogens with two attached hydrogens (primary N) is 1. The summed E-state index contributed by atoms with van der Waals surface area (Å²) in [6.45, 7) is 2.95. The highest BCUT2D eigenvalue weighted by Gasteiger charge is 2.33. The first-order chi connectivity index (χ1) is 17.1. The standard InChI is InChI=1S/C25H26F3N5O3/c1-15-9-23(29)31-12-21(15)32-7-8-33(18(13-32)14-34)24(35)20-10-22(36-2)19(11-30-20)16-3-5-17(6-4-16)25(26,27)28/h3-6,9-12,18,34H,7-8,13-14H2,1-2H3,(H2,29,31). The zero-order valence-electron chi connectivity index (χ0n) is 19.8. The first-order valence-electron chi connectivity index (χ1n) is 11.2. The smallest absolute Gasteiger partial charge is 0.416 e. The second-order valence-corrected chi connectivity index (χ2v) is 8.52. The number of aryl methyl sites for hydroxylation is 1. The number of aliphatic hydroxyl groups is 1. The van der Waals surface area contributed by atoms with E-state index in [1.165, 1.54) is 31.5 Å². The molecule has 4 rings (SSSR count). The number of amides is 1. The number of methoxy groups -OCH3 is 1. The molecule has 3 heterocycles. The van der Waals surface area contributed by atoms with Gasteiger partial charge in [0.1, 0.15) is 17.3 Å². The van der Waals surface area contributed by atoms with Crippen LogP contribution in [0, 0.1) is 6.92 Å². The van der Waals surface area contributed by atoms with Crippen LogP contribution in [0.15, 0.2) is 48.8 Å².